The van der Waals surface area contributed by atoms with Crippen molar-refractivity contribution in [1.29, 1.82) is 0 Å². The molecule has 0 heterocycles. The van der Waals surface area contributed by atoms with Crippen LogP contribution < -0.4 is 19.5 Å². The first-order valence-corrected chi connectivity index (χ1v) is 20.1. The normalized spacial score (nSPS) is 33.3. The maximum atomic E-state index is 14.9. The van der Waals surface area contributed by atoms with Gasteiger partial charge in [-0.05, 0) is 128 Å². The molecule has 8 atom stereocenters. The number of hydrogen-bond donors (Lipinski definition) is 3. The van der Waals surface area contributed by atoms with Crippen molar-refractivity contribution >= 4 is 17.5 Å². The van der Waals surface area contributed by atoms with Crippen molar-refractivity contribution < 1.29 is 47.2 Å². The number of ether oxygens (including phenoxy) is 3. The van der Waals surface area contributed by atoms with Crippen LogP contribution in [0.15, 0.2) is 96.6 Å². The summed E-state index contributed by atoms with van der Waals surface area (Å²) in [4.78, 5) is 30.7. The molecule has 12 heteroatoms. The van der Waals surface area contributed by atoms with E-state index in [2.05, 4.69) is 42.1 Å². The molecule has 0 aromatic heterocycles. The molecule has 3 N–H and O–H groups in total. The minimum atomic E-state index is -4.85. The molecule has 6 aliphatic carbocycles. The molecule has 2 bridgehead atoms. The quantitative estimate of drug-likeness (QED) is 0.138. The summed E-state index contributed by atoms with van der Waals surface area (Å²) in [5, 5.41) is 27.1. The Balaban J connectivity index is 1.16. The van der Waals surface area contributed by atoms with E-state index in [0.717, 1.165) is 12.8 Å². The van der Waals surface area contributed by atoms with E-state index in [4.69, 9.17) is 9.47 Å². The van der Waals surface area contributed by atoms with Gasteiger partial charge in [-0.25, -0.2) is 4.79 Å². The fourth-order valence-electron chi connectivity index (χ4n) is 11.9. The summed E-state index contributed by atoms with van der Waals surface area (Å²) < 4.78 is 53.6. The zero-order valence-corrected chi connectivity index (χ0v) is 33.3. The van der Waals surface area contributed by atoms with Gasteiger partial charge in [0.2, 0.25) is 0 Å². The van der Waals surface area contributed by atoms with Crippen molar-refractivity contribution in [2.45, 2.75) is 83.4 Å². The Hall–Kier alpha value is -4.81. The first kappa shape index (κ1) is 40.0. The lowest BCUT2D eigenvalue weighted by molar-refractivity contribution is -0.274. The molecule has 2 spiro atoms. The number of carbonyl (C=O) groups excluding carboxylic acids is 2. The summed E-state index contributed by atoms with van der Waals surface area (Å²) in [5.74, 6) is 0.714. The van der Waals surface area contributed by atoms with Gasteiger partial charge in [-0.3, -0.25) is 4.79 Å². The summed E-state index contributed by atoms with van der Waals surface area (Å²) in [6, 6.07) is 18.9. The third-order valence-electron chi connectivity index (χ3n) is 14.9. The van der Waals surface area contributed by atoms with Crippen LogP contribution in [0.25, 0.3) is 0 Å². The minimum absolute atomic E-state index is 0.00492. The smallest absolute Gasteiger partial charge is 0.497 e. The van der Waals surface area contributed by atoms with E-state index in [1.807, 2.05) is 0 Å². The molecular weight excluding hydrogens is 750 g/mol. The number of amides is 2. The van der Waals surface area contributed by atoms with Gasteiger partial charge in [-0.1, -0.05) is 44.2 Å². The lowest BCUT2D eigenvalue weighted by atomic mass is 9.32. The van der Waals surface area contributed by atoms with Gasteiger partial charge in [0.1, 0.15) is 17.2 Å². The average Bonchev–Trinajstić information content (AvgIpc) is 3.47. The van der Waals surface area contributed by atoms with Crippen LogP contribution in [0.2, 0.25) is 0 Å². The number of anilines is 1. The first-order chi connectivity index (χ1) is 27.5. The van der Waals surface area contributed by atoms with E-state index in [9.17, 15) is 33.0 Å². The Morgan fingerprint density at radius 2 is 1.40 bits per heavy atom. The standard InChI is InChI=1S/C46H51F3N2O7/c1-41-20-17-32(52)25-43(41)23-24-45(36(26-43)39(53)30-7-13-33(56-3)14-8-30)37(41)18-21-42(2)38(45)19-22-44(42,55)28-51(40(54)50-31-9-15-34(57-4)16-10-31)27-29-5-11-35(12-6-29)58-46(47,48)49/h5-16,23-24,26,32,37-38,52,55H,17-22,25,27-28H2,1-4H3,(H,50,54)/t32?,37-,38-,41-,42+,43+,44-,45-/m1/s1. The fraction of sp³-hybridized carbons (Fsp3) is 0.478. The van der Waals surface area contributed by atoms with Crippen LogP contribution in [0.5, 0.6) is 17.2 Å². The molecule has 2 amide bonds. The molecule has 3 fully saturated rings. The second-order valence-corrected chi connectivity index (χ2v) is 17.6. The largest absolute Gasteiger partial charge is 0.573 e. The number of fused-ring (bicyclic) bond motifs is 1. The Morgan fingerprint density at radius 3 is 2.03 bits per heavy atom. The first-order valence-electron chi connectivity index (χ1n) is 20.1. The molecule has 1 unspecified atom stereocenters. The van der Waals surface area contributed by atoms with Gasteiger partial charge in [-0.15, -0.1) is 13.2 Å². The molecule has 3 aromatic rings. The maximum absolute atomic E-state index is 14.9. The third kappa shape index (κ3) is 6.38. The number of Topliss-reactive ketones (excluding diaryl/α,β-unsaturated/α-hetero) is 1. The van der Waals surface area contributed by atoms with Gasteiger partial charge in [0.25, 0.3) is 0 Å². The summed E-state index contributed by atoms with van der Waals surface area (Å²) in [7, 11) is 3.13. The highest BCUT2D eigenvalue weighted by Gasteiger charge is 2.74. The second kappa shape index (κ2) is 14.2. The lowest BCUT2D eigenvalue weighted by Crippen LogP contribution is -2.67. The number of ketones is 1. The van der Waals surface area contributed by atoms with Gasteiger partial charge < -0.3 is 34.6 Å². The van der Waals surface area contributed by atoms with E-state index in [1.54, 1.807) is 62.8 Å². The van der Waals surface area contributed by atoms with Gasteiger partial charge in [0.15, 0.2) is 5.78 Å². The lowest BCUT2D eigenvalue weighted by Gasteiger charge is -2.71. The van der Waals surface area contributed by atoms with Gasteiger partial charge in [0, 0.05) is 39.6 Å². The van der Waals surface area contributed by atoms with Crippen molar-refractivity contribution in [2.24, 2.45) is 33.5 Å². The third-order valence-corrected chi connectivity index (χ3v) is 14.9. The number of benzene rings is 3. The highest BCUT2D eigenvalue weighted by molar-refractivity contribution is 6.10. The number of halogens is 3. The summed E-state index contributed by atoms with van der Waals surface area (Å²) >= 11 is 0. The van der Waals surface area contributed by atoms with Crippen molar-refractivity contribution in [2.75, 3.05) is 26.1 Å². The Morgan fingerprint density at radius 1 is 0.810 bits per heavy atom. The van der Waals surface area contributed by atoms with Crippen molar-refractivity contribution in [3.05, 3.63) is 108 Å². The Labute approximate surface area is 336 Å². The van der Waals surface area contributed by atoms with Gasteiger partial charge >= 0.3 is 12.4 Å². The topological polar surface area (TPSA) is 118 Å². The Kier molecular flexibility index (Phi) is 9.78. The number of hydrogen-bond acceptors (Lipinski definition) is 7. The molecule has 0 saturated heterocycles. The number of carbonyl (C=O) groups is 2. The molecule has 6 aliphatic rings. The van der Waals surface area contributed by atoms with E-state index in [-0.39, 0.29) is 41.9 Å². The zero-order chi connectivity index (χ0) is 41.3. The predicted molar refractivity (Wildman–Crippen MR) is 211 cm³/mol. The number of rotatable bonds is 10. The molecule has 58 heavy (non-hydrogen) atoms. The maximum Gasteiger partial charge on any atom is 0.573 e. The predicted octanol–water partition coefficient (Wildman–Crippen LogP) is 9.11. The number of aliphatic hydroxyl groups is 2. The van der Waals surface area contributed by atoms with E-state index in [1.165, 1.54) is 29.2 Å². The van der Waals surface area contributed by atoms with Crippen LogP contribution in [0.4, 0.5) is 23.7 Å². The number of aliphatic hydroxyl groups excluding tert-OH is 1. The summed E-state index contributed by atoms with van der Waals surface area (Å²) in [6.07, 6.45) is 5.74. The van der Waals surface area contributed by atoms with Crippen LogP contribution in [0.1, 0.15) is 74.7 Å². The SMILES string of the molecule is COc1ccc(NC(=O)N(Cc2ccc(OC(F)(F)F)cc2)C[C@]2(O)CC[C@H]3[C@]45C=C[C@@]6(C=C4C(=O)c4ccc(OC)cc4)CC(O)CC[C@]6(C)[C@H]5CC[C@@]32C)cc1. The molecule has 3 aromatic carbocycles. The van der Waals surface area contributed by atoms with Gasteiger partial charge in [0.05, 0.1) is 32.5 Å². The number of methoxy groups -OCH3 is 2. The van der Waals surface area contributed by atoms with Crippen LogP contribution >= 0.6 is 0 Å². The van der Waals surface area contributed by atoms with Crippen LogP contribution in [-0.2, 0) is 6.54 Å². The second-order valence-electron chi connectivity index (χ2n) is 17.6. The number of nitrogens with zero attached hydrogens (tertiary/aromatic N) is 1. The highest BCUT2D eigenvalue weighted by Crippen LogP contribution is 2.78. The average molecular weight is 801 g/mol. The number of allylic oxidation sites excluding steroid dienone is 4. The minimum Gasteiger partial charge on any atom is -0.497 e. The van der Waals surface area contributed by atoms with Crippen LogP contribution in [0.3, 0.4) is 0 Å². The fourth-order valence-corrected chi connectivity index (χ4v) is 11.9. The number of urea groups is 1. The van der Waals surface area contributed by atoms with E-state index in [0.29, 0.717) is 66.0 Å². The van der Waals surface area contributed by atoms with E-state index < -0.39 is 40.3 Å². The van der Waals surface area contributed by atoms with Gasteiger partial charge in [-0.2, -0.15) is 0 Å². The van der Waals surface area contributed by atoms with Crippen molar-refractivity contribution in [1.82, 2.24) is 4.90 Å². The monoisotopic (exact) mass is 800 g/mol. The van der Waals surface area contributed by atoms with Crippen LogP contribution in [0, 0.1) is 33.5 Å². The van der Waals surface area contributed by atoms with E-state index >= 15 is 0 Å². The van der Waals surface area contributed by atoms with Crippen LogP contribution in [-0.4, -0.2) is 65.8 Å². The van der Waals surface area contributed by atoms with Crippen molar-refractivity contribution in [3.63, 3.8) is 0 Å². The van der Waals surface area contributed by atoms with Crippen molar-refractivity contribution in [3.8, 4) is 17.2 Å². The number of nitrogens with one attached hydrogen (secondary N) is 1. The molecular formula is C46H51F3N2O7. The number of alkyl halides is 3. The molecule has 0 aliphatic heterocycles. The zero-order valence-electron chi connectivity index (χ0n) is 33.3. The molecule has 9 nitrogen and oxygen atoms in total. The highest BCUT2D eigenvalue weighted by atomic mass is 19.4. The summed E-state index contributed by atoms with van der Waals surface area (Å²) in [5.41, 5.74) is -1.26. The molecule has 0 radical (unpaired) electrons. The Bertz CT molecular complexity index is 2120. The molecule has 308 valence electrons. The molecule has 3 saturated carbocycles. The molecule has 9 rings (SSSR count). The summed E-state index contributed by atoms with van der Waals surface area (Å²) in [6.45, 7) is 4.36.